The third kappa shape index (κ3) is 3.15. The number of allylic oxidation sites excluding steroid dienone is 1. The van der Waals surface area contributed by atoms with Crippen molar-refractivity contribution < 1.29 is 9.42 Å². The highest BCUT2D eigenvalue weighted by Crippen LogP contribution is 2.19. The lowest BCUT2D eigenvalue weighted by molar-refractivity contribution is 0.0944. The van der Waals surface area contributed by atoms with Crippen molar-refractivity contribution in [3.05, 3.63) is 23.0 Å². The summed E-state index contributed by atoms with van der Waals surface area (Å²) < 4.78 is 4.49. The number of carbonyl (C=O) groups excluding carboxylic acids is 1. The topological polar surface area (TPSA) is 68.0 Å². The van der Waals surface area contributed by atoms with E-state index in [9.17, 15) is 4.79 Å². The van der Waals surface area contributed by atoms with Gasteiger partial charge in [0.2, 0.25) is 0 Å². The molecule has 1 aromatic rings. The number of carbonyl (C=O) groups is 1. The molecule has 1 heterocycles. The summed E-state index contributed by atoms with van der Waals surface area (Å²) in [7, 11) is 0. The van der Waals surface area contributed by atoms with E-state index in [0.29, 0.717) is 12.2 Å². The molecule has 0 bridgehead atoms. The largest absolute Gasteiger partial charge is 0.350 e. The zero-order valence-electron chi connectivity index (χ0n) is 10.0. The number of aromatic nitrogens is 2. The quantitative estimate of drug-likeness (QED) is 0.810. The fourth-order valence-electron chi connectivity index (χ4n) is 1.99. The maximum absolute atomic E-state index is 11.7. The minimum Gasteiger partial charge on any atom is -0.350 e. The van der Waals surface area contributed by atoms with E-state index in [1.807, 2.05) is 0 Å². The lowest BCUT2D eigenvalue weighted by Crippen LogP contribution is -2.25. The zero-order chi connectivity index (χ0) is 12.1. The second kappa shape index (κ2) is 5.61. The molecule has 0 saturated carbocycles. The summed E-state index contributed by atoms with van der Waals surface area (Å²) >= 11 is 0. The summed E-state index contributed by atoms with van der Waals surface area (Å²) in [6, 6.07) is 0. The van der Waals surface area contributed by atoms with Crippen molar-refractivity contribution in [2.24, 2.45) is 0 Å². The first-order valence-electron chi connectivity index (χ1n) is 6.02. The maximum atomic E-state index is 11.7. The summed E-state index contributed by atoms with van der Waals surface area (Å²) in [6.45, 7) is 2.35. The van der Waals surface area contributed by atoms with Crippen LogP contribution in [0, 0.1) is 6.92 Å². The molecule has 1 aromatic heterocycles. The normalized spacial score (nSPS) is 15.5. The maximum Gasteiger partial charge on any atom is 0.275 e. The lowest BCUT2D eigenvalue weighted by Gasteiger charge is -2.12. The number of amides is 1. The summed E-state index contributed by atoms with van der Waals surface area (Å²) in [5.41, 5.74) is 2.26. The third-order valence-electron chi connectivity index (χ3n) is 2.98. The first-order chi connectivity index (χ1) is 8.27. The Labute approximate surface area is 100 Å². The van der Waals surface area contributed by atoms with Crippen LogP contribution in [-0.2, 0) is 0 Å². The highest BCUT2D eigenvalue weighted by atomic mass is 16.6. The van der Waals surface area contributed by atoms with Crippen molar-refractivity contribution in [2.75, 3.05) is 6.54 Å². The monoisotopic (exact) mass is 235 g/mol. The molecule has 92 valence electrons. The third-order valence-corrected chi connectivity index (χ3v) is 2.98. The highest BCUT2D eigenvalue weighted by Gasteiger charge is 2.14. The Kier molecular flexibility index (Phi) is 3.90. The minimum atomic E-state index is -0.208. The van der Waals surface area contributed by atoms with Crippen molar-refractivity contribution in [3.8, 4) is 0 Å². The first-order valence-corrected chi connectivity index (χ1v) is 6.02. The molecule has 0 aromatic carbocycles. The van der Waals surface area contributed by atoms with Gasteiger partial charge in [-0.15, -0.1) is 0 Å². The summed E-state index contributed by atoms with van der Waals surface area (Å²) in [6.07, 6.45) is 8.12. The standard InChI is InChI=1S/C12H17N3O2/c1-9-11(15-17-14-9)12(16)13-8-7-10-5-3-2-4-6-10/h5H,2-4,6-8H2,1H3,(H,13,16). The molecule has 0 spiro atoms. The fraction of sp³-hybridized carbons (Fsp3) is 0.583. The van der Waals surface area contributed by atoms with Gasteiger partial charge >= 0.3 is 0 Å². The van der Waals surface area contributed by atoms with E-state index in [1.54, 1.807) is 6.92 Å². The molecule has 0 aliphatic heterocycles. The van der Waals surface area contributed by atoms with Crippen molar-refractivity contribution in [2.45, 2.75) is 39.0 Å². The first kappa shape index (κ1) is 11.8. The van der Waals surface area contributed by atoms with Gasteiger partial charge in [0.15, 0.2) is 5.69 Å². The minimum absolute atomic E-state index is 0.208. The van der Waals surface area contributed by atoms with Crippen LogP contribution in [-0.4, -0.2) is 22.8 Å². The molecule has 1 aliphatic carbocycles. The Morgan fingerprint density at radius 1 is 1.47 bits per heavy atom. The second-order valence-corrected chi connectivity index (χ2v) is 4.31. The molecule has 1 amide bonds. The molecule has 17 heavy (non-hydrogen) atoms. The average Bonchev–Trinajstić information content (AvgIpc) is 2.77. The van der Waals surface area contributed by atoms with Gasteiger partial charge in [-0.2, -0.15) is 0 Å². The van der Waals surface area contributed by atoms with E-state index >= 15 is 0 Å². The highest BCUT2D eigenvalue weighted by molar-refractivity contribution is 5.92. The van der Waals surface area contributed by atoms with Crippen LogP contribution in [0.25, 0.3) is 0 Å². The average molecular weight is 235 g/mol. The lowest BCUT2D eigenvalue weighted by atomic mass is 9.97. The molecule has 0 radical (unpaired) electrons. The molecule has 1 aliphatic rings. The fourth-order valence-corrected chi connectivity index (χ4v) is 1.99. The molecular weight excluding hydrogens is 218 g/mol. The van der Waals surface area contributed by atoms with Gasteiger partial charge in [-0.05, 0) is 44.2 Å². The van der Waals surface area contributed by atoms with Crippen molar-refractivity contribution >= 4 is 5.91 Å². The number of hydrogen-bond acceptors (Lipinski definition) is 4. The van der Waals surface area contributed by atoms with Gasteiger partial charge < -0.3 is 5.32 Å². The smallest absolute Gasteiger partial charge is 0.275 e. The van der Waals surface area contributed by atoms with E-state index in [2.05, 4.69) is 26.3 Å². The van der Waals surface area contributed by atoms with Crippen LogP contribution < -0.4 is 5.32 Å². The van der Waals surface area contributed by atoms with E-state index in [1.165, 1.54) is 31.3 Å². The van der Waals surface area contributed by atoms with Gasteiger partial charge in [0, 0.05) is 6.54 Å². The van der Waals surface area contributed by atoms with Crippen LogP contribution in [0.4, 0.5) is 0 Å². The Morgan fingerprint density at radius 3 is 3.00 bits per heavy atom. The number of hydrogen-bond donors (Lipinski definition) is 1. The summed E-state index contributed by atoms with van der Waals surface area (Å²) in [5, 5.41) is 9.98. The van der Waals surface area contributed by atoms with Gasteiger partial charge in [0.05, 0.1) is 0 Å². The zero-order valence-corrected chi connectivity index (χ0v) is 10.0. The molecule has 2 rings (SSSR count). The molecule has 0 fully saturated rings. The van der Waals surface area contributed by atoms with Crippen LogP contribution >= 0.6 is 0 Å². The Hall–Kier alpha value is -1.65. The van der Waals surface area contributed by atoms with Crippen molar-refractivity contribution in [1.29, 1.82) is 0 Å². The van der Waals surface area contributed by atoms with Crippen molar-refractivity contribution in [1.82, 2.24) is 15.6 Å². The van der Waals surface area contributed by atoms with Crippen LogP contribution in [0.5, 0.6) is 0 Å². The molecule has 0 atom stereocenters. The van der Waals surface area contributed by atoms with Gasteiger partial charge in [0.25, 0.3) is 5.91 Å². The van der Waals surface area contributed by atoms with Gasteiger partial charge in [-0.1, -0.05) is 16.8 Å². The molecule has 1 N–H and O–H groups in total. The van der Waals surface area contributed by atoms with Gasteiger partial charge in [-0.25, -0.2) is 4.63 Å². The van der Waals surface area contributed by atoms with E-state index in [-0.39, 0.29) is 11.6 Å². The molecule has 0 saturated heterocycles. The predicted molar refractivity (Wildman–Crippen MR) is 62.5 cm³/mol. The summed E-state index contributed by atoms with van der Waals surface area (Å²) in [4.78, 5) is 11.7. The van der Waals surface area contributed by atoms with E-state index in [0.717, 1.165) is 6.42 Å². The van der Waals surface area contributed by atoms with Gasteiger partial charge in [-0.3, -0.25) is 4.79 Å². The Balaban J connectivity index is 1.77. The number of nitrogens with zero attached hydrogens (tertiary/aromatic N) is 2. The predicted octanol–water partition coefficient (Wildman–Crippen LogP) is 2.00. The van der Waals surface area contributed by atoms with Crippen LogP contribution in [0.2, 0.25) is 0 Å². The Morgan fingerprint density at radius 2 is 2.35 bits per heavy atom. The molecule has 5 nitrogen and oxygen atoms in total. The number of nitrogens with one attached hydrogen (secondary N) is 1. The van der Waals surface area contributed by atoms with Crippen molar-refractivity contribution in [3.63, 3.8) is 0 Å². The molecule has 5 heteroatoms. The number of aryl methyl sites for hydroxylation is 1. The van der Waals surface area contributed by atoms with E-state index < -0.39 is 0 Å². The summed E-state index contributed by atoms with van der Waals surface area (Å²) in [5.74, 6) is -0.208. The molecular formula is C12H17N3O2. The SMILES string of the molecule is Cc1nonc1C(=O)NCCC1=CCCCC1. The van der Waals surface area contributed by atoms with Crippen LogP contribution in [0.15, 0.2) is 16.3 Å². The molecule has 0 unspecified atom stereocenters. The van der Waals surface area contributed by atoms with Gasteiger partial charge in [0.1, 0.15) is 5.69 Å². The van der Waals surface area contributed by atoms with Crippen LogP contribution in [0.3, 0.4) is 0 Å². The number of rotatable bonds is 4. The Bertz CT molecular complexity index is 423. The second-order valence-electron chi connectivity index (χ2n) is 4.31. The van der Waals surface area contributed by atoms with E-state index in [4.69, 9.17) is 0 Å². The van der Waals surface area contributed by atoms with Crippen LogP contribution in [0.1, 0.15) is 48.3 Å².